The van der Waals surface area contributed by atoms with E-state index in [0.717, 1.165) is 12.8 Å². The number of aromatic nitrogens is 2. The number of imidazole rings is 1. The van der Waals surface area contributed by atoms with Crippen LogP contribution in [0.3, 0.4) is 0 Å². The van der Waals surface area contributed by atoms with Crippen molar-refractivity contribution in [2.45, 2.75) is 31.2 Å². The van der Waals surface area contributed by atoms with E-state index >= 15 is 0 Å². The summed E-state index contributed by atoms with van der Waals surface area (Å²) in [5.41, 5.74) is 7.35. The molecule has 1 fully saturated rings. The van der Waals surface area contributed by atoms with Crippen LogP contribution >= 0.6 is 0 Å². The summed E-state index contributed by atoms with van der Waals surface area (Å²) in [5.74, 6) is 0. The number of hydrogen-bond acceptors (Lipinski definition) is 2. The molecule has 0 atom stereocenters. The van der Waals surface area contributed by atoms with Crippen molar-refractivity contribution in [3.63, 3.8) is 0 Å². The van der Waals surface area contributed by atoms with Crippen molar-refractivity contribution < 1.29 is 0 Å². The standard InChI is InChI=1S/C9H15N3/c1-12-7-11-6-8(12)9(10)4-2-3-5-9/h6-7H,2-5,10H2,1H3. The van der Waals surface area contributed by atoms with Gasteiger partial charge in [0.25, 0.3) is 0 Å². The summed E-state index contributed by atoms with van der Waals surface area (Å²) in [5, 5.41) is 0. The summed E-state index contributed by atoms with van der Waals surface area (Å²) < 4.78 is 2.03. The van der Waals surface area contributed by atoms with Crippen LogP contribution in [0.5, 0.6) is 0 Å². The topological polar surface area (TPSA) is 43.8 Å². The number of hydrogen-bond donors (Lipinski definition) is 1. The minimum Gasteiger partial charge on any atom is -0.336 e. The first kappa shape index (κ1) is 7.80. The SMILES string of the molecule is Cn1cncc1C1(N)CCCC1. The normalized spacial score (nSPS) is 21.5. The molecule has 0 saturated heterocycles. The van der Waals surface area contributed by atoms with Crippen molar-refractivity contribution in [1.82, 2.24) is 9.55 Å². The van der Waals surface area contributed by atoms with Gasteiger partial charge in [-0.3, -0.25) is 0 Å². The van der Waals surface area contributed by atoms with Gasteiger partial charge in [0, 0.05) is 13.2 Å². The quantitative estimate of drug-likeness (QED) is 0.678. The third-order valence-electron chi connectivity index (χ3n) is 2.82. The zero-order chi connectivity index (χ0) is 8.60. The Morgan fingerprint density at radius 2 is 2.17 bits per heavy atom. The van der Waals surface area contributed by atoms with Gasteiger partial charge in [0.2, 0.25) is 0 Å². The van der Waals surface area contributed by atoms with E-state index in [9.17, 15) is 0 Å². The summed E-state index contributed by atoms with van der Waals surface area (Å²) in [6.45, 7) is 0. The van der Waals surface area contributed by atoms with Crippen molar-refractivity contribution in [3.8, 4) is 0 Å². The molecule has 0 radical (unpaired) electrons. The lowest BCUT2D eigenvalue weighted by molar-refractivity contribution is 0.432. The molecule has 1 heterocycles. The summed E-state index contributed by atoms with van der Waals surface area (Å²) in [4.78, 5) is 4.09. The highest BCUT2D eigenvalue weighted by Crippen LogP contribution is 2.35. The van der Waals surface area contributed by atoms with Crippen LogP contribution in [0.4, 0.5) is 0 Å². The van der Waals surface area contributed by atoms with Crippen LogP contribution in [-0.2, 0) is 12.6 Å². The molecule has 0 aliphatic heterocycles. The van der Waals surface area contributed by atoms with E-state index in [1.807, 2.05) is 24.1 Å². The Kier molecular flexibility index (Phi) is 1.68. The van der Waals surface area contributed by atoms with E-state index in [1.165, 1.54) is 18.5 Å². The summed E-state index contributed by atoms with van der Waals surface area (Å²) in [6.07, 6.45) is 8.43. The molecule has 0 amide bonds. The van der Waals surface area contributed by atoms with Gasteiger partial charge in [-0.2, -0.15) is 0 Å². The maximum absolute atomic E-state index is 6.26. The fraction of sp³-hybridized carbons (Fsp3) is 0.667. The summed E-state index contributed by atoms with van der Waals surface area (Å²) in [6, 6.07) is 0. The van der Waals surface area contributed by atoms with E-state index in [-0.39, 0.29) is 5.54 Å². The number of rotatable bonds is 1. The molecule has 3 heteroatoms. The van der Waals surface area contributed by atoms with Crippen molar-refractivity contribution >= 4 is 0 Å². The Morgan fingerprint density at radius 1 is 1.50 bits per heavy atom. The first-order chi connectivity index (χ1) is 5.72. The molecule has 1 aromatic heterocycles. The highest BCUT2D eigenvalue weighted by Gasteiger charge is 2.33. The zero-order valence-corrected chi connectivity index (χ0v) is 7.45. The average molecular weight is 165 g/mol. The third kappa shape index (κ3) is 1.05. The number of nitrogens with zero attached hydrogens (tertiary/aromatic N) is 2. The minimum atomic E-state index is -0.0920. The number of nitrogens with two attached hydrogens (primary N) is 1. The van der Waals surface area contributed by atoms with E-state index in [2.05, 4.69) is 4.98 Å². The molecule has 0 unspecified atom stereocenters. The molecule has 0 spiro atoms. The van der Waals surface area contributed by atoms with Crippen molar-refractivity contribution in [3.05, 3.63) is 18.2 Å². The molecule has 0 aromatic carbocycles. The fourth-order valence-corrected chi connectivity index (χ4v) is 2.10. The predicted octanol–water partition coefficient (Wildman–Crippen LogP) is 1.15. The average Bonchev–Trinajstić information content (AvgIpc) is 2.59. The molecule has 2 rings (SSSR count). The molecule has 2 N–H and O–H groups in total. The van der Waals surface area contributed by atoms with E-state index < -0.39 is 0 Å². The molecule has 1 saturated carbocycles. The Morgan fingerprint density at radius 3 is 2.67 bits per heavy atom. The Labute approximate surface area is 72.6 Å². The van der Waals surface area contributed by atoms with Gasteiger partial charge in [0.05, 0.1) is 17.6 Å². The van der Waals surface area contributed by atoms with Gasteiger partial charge in [0.15, 0.2) is 0 Å². The Hall–Kier alpha value is -0.830. The van der Waals surface area contributed by atoms with Gasteiger partial charge in [-0.05, 0) is 12.8 Å². The minimum absolute atomic E-state index is 0.0920. The van der Waals surface area contributed by atoms with Crippen LogP contribution in [0.1, 0.15) is 31.4 Å². The second-order valence-corrected chi connectivity index (χ2v) is 3.75. The fourth-order valence-electron chi connectivity index (χ4n) is 2.10. The maximum Gasteiger partial charge on any atom is 0.0946 e. The third-order valence-corrected chi connectivity index (χ3v) is 2.82. The molecular formula is C9H15N3. The molecule has 12 heavy (non-hydrogen) atoms. The zero-order valence-electron chi connectivity index (χ0n) is 7.45. The predicted molar refractivity (Wildman–Crippen MR) is 47.5 cm³/mol. The van der Waals surface area contributed by atoms with Crippen LogP contribution < -0.4 is 5.73 Å². The van der Waals surface area contributed by atoms with Gasteiger partial charge < -0.3 is 10.3 Å². The molecule has 1 aromatic rings. The maximum atomic E-state index is 6.26. The monoisotopic (exact) mass is 165 g/mol. The smallest absolute Gasteiger partial charge is 0.0946 e. The van der Waals surface area contributed by atoms with Crippen LogP contribution in [0.15, 0.2) is 12.5 Å². The molecule has 0 bridgehead atoms. The highest BCUT2D eigenvalue weighted by atomic mass is 15.1. The Balaban J connectivity index is 2.34. The van der Waals surface area contributed by atoms with Crippen LogP contribution in [0, 0.1) is 0 Å². The van der Waals surface area contributed by atoms with E-state index in [4.69, 9.17) is 5.73 Å². The summed E-state index contributed by atoms with van der Waals surface area (Å²) >= 11 is 0. The molecular weight excluding hydrogens is 150 g/mol. The van der Waals surface area contributed by atoms with Gasteiger partial charge in [0.1, 0.15) is 0 Å². The lowest BCUT2D eigenvalue weighted by Crippen LogP contribution is -2.35. The molecule has 1 aliphatic rings. The molecule has 1 aliphatic carbocycles. The first-order valence-electron chi connectivity index (χ1n) is 4.48. The van der Waals surface area contributed by atoms with E-state index in [1.54, 1.807) is 0 Å². The van der Waals surface area contributed by atoms with Crippen molar-refractivity contribution in [1.29, 1.82) is 0 Å². The largest absolute Gasteiger partial charge is 0.336 e. The van der Waals surface area contributed by atoms with Gasteiger partial charge in [-0.25, -0.2) is 4.98 Å². The van der Waals surface area contributed by atoms with Crippen LogP contribution in [-0.4, -0.2) is 9.55 Å². The molecule has 3 nitrogen and oxygen atoms in total. The van der Waals surface area contributed by atoms with Crippen LogP contribution in [0.25, 0.3) is 0 Å². The van der Waals surface area contributed by atoms with Crippen LogP contribution in [0.2, 0.25) is 0 Å². The second kappa shape index (κ2) is 2.59. The van der Waals surface area contributed by atoms with Crippen molar-refractivity contribution in [2.75, 3.05) is 0 Å². The van der Waals surface area contributed by atoms with E-state index in [0.29, 0.717) is 0 Å². The second-order valence-electron chi connectivity index (χ2n) is 3.75. The number of aryl methyl sites for hydroxylation is 1. The van der Waals surface area contributed by atoms with Gasteiger partial charge >= 0.3 is 0 Å². The van der Waals surface area contributed by atoms with Crippen molar-refractivity contribution in [2.24, 2.45) is 12.8 Å². The Bertz CT molecular complexity index is 271. The van der Waals surface area contributed by atoms with Gasteiger partial charge in [-0.15, -0.1) is 0 Å². The lowest BCUT2D eigenvalue weighted by Gasteiger charge is -2.23. The first-order valence-corrected chi connectivity index (χ1v) is 4.48. The van der Waals surface area contributed by atoms with Gasteiger partial charge in [-0.1, -0.05) is 12.8 Å². The highest BCUT2D eigenvalue weighted by molar-refractivity contribution is 5.14. The molecule has 66 valence electrons. The summed E-state index contributed by atoms with van der Waals surface area (Å²) in [7, 11) is 2.01. The lowest BCUT2D eigenvalue weighted by atomic mass is 9.95.